The van der Waals surface area contributed by atoms with Crippen LogP contribution in [0.15, 0.2) is 12.3 Å². The number of rotatable bonds is 2. The largest absolute Gasteiger partial charge is 0.474 e. The minimum Gasteiger partial charge on any atom is -0.474 e. The van der Waals surface area contributed by atoms with Crippen LogP contribution in [0.25, 0.3) is 0 Å². The van der Waals surface area contributed by atoms with E-state index >= 15 is 0 Å². The Kier molecular flexibility index (Phi) is 3.16. The number of nitrogens with zero attached hydrogens (tertiary/aromatic N) is 2. The number of nitrogens with two attached hydrogens (primary N) is 1. The maximum absolute atomic E-state index is 5.90. The van der Waals surface area contributed by atoms with Gasteiger partial charge in [-0.2, -0.15) is 4.98 Å². The van der Waals surface area contributed by atoms with Crippen molar-refractivity contribution in [1.29, 1.82) is 0 Å². The molecular formula is C11H17N3O. The van der Waals surface area contributed by atoms with Gasteiger partial charge in [0.05, 0.1) is 0 Å². The molecule has 2 unspecified atom stereocenters. The van der Waals surface area contributed by atoms with E-state index in [0.29, 0.717) is 5.88 Å². The predicted octanol–water partition coefficient (Wildman–Crippen LogP) is 1.43. The summed E-state index contributed by atoms with van der Waals surface area (Å²) in [5, 5.41) is 0. The maximum atomic E-state index is 5.90. The molecule has 4 heteroatoms. The molecule has 1 aliphatic rings. The van der Waals surface area contributed by atoms with Crippen molar-refractivity contribution in [3.8, 4) is 5.88 Å². The molecule has 82 valence electrons. The van der Waals surface area contributed by atoms with Crippen LogP contribution < -0.4 is 10.5 Å². The van der Waals surface area contributed by atoms with Crippen LogP contribution in [0.2, 0.25) is 0 Å². The van der Waals surface area contributed by atoms with Gasteiger partial charge in [0.2, 0.25) is 5.88 Å². The van der Waals surface area contributed by atoms with Gasteiger partial charge in [0.1, 0.15) is 11.9 Å². The fraction of sp³-hybridized carbons (Fsp3) is 0.636. The van der Waals surface area contributed by atoms with Crippen LogP contribution in [0.4, 0.5) is 0 Å². The van der Waals surface area contributed by atoms with E-state index in [-0.39, 0.29) is 12.1 Å². The average Bonchev–Trinajstić information content (AvgIpc) is 2.17. The molecule has 15 heavy (non-hydrogen) atoms. The van der Waals surface area contributed by atoms with Gasteiger partial charge < -0.3 is 10.5 Å². The van der Waals surface area contributed by atoms with E-state index in [1.54, 1.807) is 12.3 Å². The number of hydrogen-bond acceptors (Lipinski definition) is 4. The van der Waals surface area contributed by atoms with Crippen molar-refractivity contribution < 1.29 is 4.74 Å². The molecule has 1 heterocycles. The standard InChI is InChI=1S/C11H17N3O/c1-8-13-6-5-11(14-8)15-10-4-2-3-9(12)7-10/h5-6,9-10H,2-4,7,12H2,1H3. The molecule has 0 saturated heterocycles. The second kappa shape index (κ2) is 4.57. The molecular weight excluding hydrogens is 190 g/mol. The zero-order valence-electron chi connectivity index (χ0n) is 9.02. The lowest BCUT2D eigenvalue weighted by Crippen LogP contribution is -2.33. The summed E-state index contributed by atoms with van der Waals surface area (Å²) in [5.41, 5.74) is 5.90. The number of ether oxygens (including phenoxy) is 1. The lowest BCUT2D eigenvalue weighted by Gasteiger charge is -2.26. The molecule has 1 aromatic heterocycles. The van der Waals surface area contributed by atoms with E-state index in [0.717, 1.165) is 31.5 Å². The van der Waals surface area contributed by atoms with Gasteiger partial charge >= 0.3 is 0 Å². The van der Waals surface area contributed by atoms with Crippen LogP contribution in [0, 0.1) is 6.92 Å². The third kappa shape index (κ3) is 2.89. The summed E-state index contributed by atoms with van der Waals surface area (Å²) < 4.78 is 5.78. The quantitative estimate of drug-likeness (QED) is 0.797. The van der Waals surface area contributed by atoms with Gasteiger partial charge in [-0.15, -0.1) is 0 Å². The highest BCUT2D eigenvalue weighted by Crippen LogP contribution is 2.21. The zero-order chi connectivity index (χ0) is 10.7. The zero-order valence-corrected chi connectivity index (χ0v) is 9.02. The van der Waals surface area contributed by atoms with Crippen molar-refractivity contribution in [2.75, 3.05) is 0 Å². The summed E-state index contributed by atoms with van der Waals surface area (Å²) in [6.07, 6.45) is 6.22. The van der Waals surface area contributed by atoms with Crippen molar-refractivity contribution in [3.05, 3.63) is 18.1 Å². The molecule has 0 aliphatic heterocycles. The molecule has 0 spiro atoms. The summed E-state index contributed by atoms with van der Waals surface area (Å²) in [4.78, 5) is 8.25. The Morgan fingerprint density at radius 1 is 1.47 bits per heavy atom. The Morgan fingerprint density at radius 3 is 3.07 bits per heavy atom. The van der Waals surface area contributed by atoms with E-state index < -0.39 is 0 Å². The summed E-state index contributed by atoms with van der Waals surface area (Å²) in [6, 6.07) is 2.08. The smallest absolute Gasteiger partial charge is 0.216 e. The molecule has 1 aromatic rings. The Hall–Kier alpha value is -1.16. The fourth-order valence-electron chi connectivity index (χ4n) is 1.96. The summed E-state index contributed by atoms with van der Waals surface area (Å²) in [6.45, 7) is 1.86. The van der Waals surface area contributed by atoms with Gasteiger partial charge in [-0.3, -0.25) is 0 Å². The predicted molar refractivity (Wildman–Crippen MR) is 57.6 cm³/mol. The molecule has 1 aliphatic carbocycles. The van der Waals surface area contributed by atoms with Crippen LogP contribution in [-0.4, -0.2) is 22.1 Å². The summed E-state index contributed by atoms with van der Waals surface area (Å²) in [7, 11) is 0. The van der Waals surface area contributed by atoms with Gasteiger partial charge in [0.15, 0.2) is 0 Å². The van der Waals surface area contributed by atoms with Gasteiger partial charge in [-0.05, 0) is 32.6 Å². The average molecular weight is 207 g/mol. The van der Waals surface area contributed by atoms with Crippen LogP contribution >= 0.6 is 0 Å². The number of hydrogen-bond donors (Lipinski definition) is 1. The first-order valence-corrected chi connectivity index (χ1v) is 5.46. The molecule has 1 fully saturated rings. The molecule has 0 radical (unpaired) electrons. The Balaban J connectivity index is 1.96. The van der Waals surface area contributed by atoms with E-state index in [1.807, 2.05) is 6.92 Å². The molecule has 0 amide bonds. The molecule has 1 saturated carbocycles. The maximum Gasteiger partial charge on any atom is 0.216 e. The monoisotopic (exact) mass is 207 g/mol. The molecule has 0 bridgehead atoms. The second-order valence-electron chi connectivity index (χ2n) is 4.11. The minimum absolute atomic E-state index is 0.225. The van der Waals surface area contributed by atoms with Crippen molar-refractivity contribution in [2.24, 2.45) is 5.73 Å². The van der Waals surface area contributed by atoms with Crippen molar-refractivity contribution in [1.82, 2.24) is 9.97 Å². The van der Waals surface area contributed by atoms with E-state index in [4.69, 9.17) is 10.5 Å². The fourth-order valence-corrected chi connectivity index (χ4v) is 1.96. The van der Waals surface area contributed by atoms with Crippen molar-refractivity contribution in [3.63, 3.8) is 0 Å². The van der Waals surface area contributed by atoms with Crippen LogP contribution in [0.1, 0.15) is 31.5 Å². The van der Waals surface area contributed by atoms with Crippen molar-refractivity contribution >= 4 is 0 Å². The number of aromatic nitrogens is 2. The molecule has 2 atom stereocenters. The normalized spacial score (nSPS) is 26.3. The van der Waals surface area contributed by atoms with Gasteiger partial charge in [0, 0.05) is 18.3 Å². The van der Waals surface area contributed by atoms with E-state index in [9.17, 15) is 0 Å². The third-order valence-corrected chi connectivity index (χ3v) is 2.70. The topological polar surface area (TPSA) is 61.0 Å². The Bertz CT molecular complexity index is 329. The van der Waals surface area contributed by atoms with E-state index in [2.05, 4.69) is 9.97 Å². The SMILES string of the molecule is Cc1nccc(OC2CCCC(N)C2)n1. The summed E-state index contributed by atoms with van der Waals surface area (Å²) in [5.74, 6) is 1.41. The highest BCUT2D eigenvalue weighted by molar-refractivity contribution is 5.08. The highest BCUT2D eigenvalue weighted by Gasteiger charge is 2.20. The van der Waals surface area contributed by atoms with Crippen LogP contribution in [0.3, 0.4) is 0 Å². The minimum atomic E-state index is 0.225. The van der Waals surface area contributed by atoms with Crippen LogP contribution in [0.5, 0.6) is 5.88 Å². The first-order valence-electron chi connectivity index (χ1n) is 5.46. The van der Waals surface area contributed by atoms with Gasteiger partial charge in [0.25, 0.3) is 0 Å². The Morgan fingerprint density at radius 2 is 2.33 bits per heavy atom. The lowest BCUT2D eigenvalue weighted by atomic mass is 9.94. The molecule has 2 rings (SSSR count). The van der Waals surface area contributed by atoms with Gasteiger partial charge in [-0.25, -0.2) is 4.98 Å². The molecule has 2 N–H and O–H groups in total. The van der Waals surface area contributed by atoms with Crippen molar-refractivity contribution in [2.45, 2.75) is 44.8 Å². The van der Waals surface area contributed by atoms with E-state index in [1.165, 1.54) is 0 Å². The second-order valence-corrected chi connectivity index (χ2v) is 4.11. The third-order valence-electron chi connectivity index (χ3n) is 2.70. The Labute approximate surface area is 89.9 Å². The molecule has 0 aromatic carbocycles. The first kappa shape index (κ1) is 10.4. The lowest BCUT2D eigenvalue weighted by molar-refractivity contribution is 0.138. The number of aryl methyl sites for hydroxylation is 1. The first-order chi connectivity index (χ1) is 7.24. The molecule has 4 nitrogen and oxygen atoms in total. The highest BCUT2D eigenvalue weighted by atomic mass is 16.5. The van der Waals surface area contributed by atoms with Crippen LogP contribution in [-0.2, 0) is 0 Å². The summed E-state index contributed by atoms with van der Waals surface area (Å²) >= 11 is 0. The van der Waals surface area contributed by atoms with Gasteiger partial charge in [-0.1, -0.05) is 0 Å².